The van der Waals surface area contributed by atoms with Crippen molar-refractivity contribution in [3.8, 4) is 0 Å². The van der Waals surface area contributed by atoms with Crippen LogP contribution in [0.1, 0.15) is 24.2 Å². The van der Waals surface area contributed by atoms with Crippen LogP contribution in [-0.4, -0.2) is 36.6 Å². The van der Waals surface area contributed by atoms with Crippen molar-refractivity contribution in [2.45, 2.75) is 19.9 Å². The first kappa shape index (κ1) is 15.5. The van der Waals surface area contributed by atoms with Crippen LogP contribution in [-0.2, 0) is 4.79 Å². The quantitative estimate of drug-likeness (QED) is 0.868. The van der Waals surface area contributed by atoms with Gasteiger partial charge in [0, 0.05) is 17.6 Å². The molecule has 19 heavy (non-hydrogen) atoms. The van der Waals surface area contributed by atoms with E-state index in [1.165, 1.54) is 6.07 Å². The summed E-state index contributed by atoms with van der Waals surface area (Å²) in [7, 11) is 1.69. The van der Waals surface area contributed by atoms with Gasteiger partial charge in [-0.2, -0.15) is 0 Å². The third-order valence-corrected chi connectivity index (χ3v) is 2.93. The SMILES string of the molecule is CC(C)NC(=O)CN(C)c1cc(Br)ccc1C(=O)O. The molecule has 0 heterocycles. The molecule has 2 N–H and O–H groups in total. The molecule has 104 valence electrons. The van der Waals surface area contributed by atoms with Crippen molar-refractivity contribution in [1.29, 1.82) is 0 Å². The molecule has 0 fully saturated rings. The molecule has 0 aliphatic rings. The lowest BCUT2D eigenvalue weighted by Gasteiger charge is -2.21. The van der Waals surface area contributed by atoms with E-state index in [1.54, 1.807) is 24.1 Å². The first-order valence-electron chi connectivity index (χ1n) is 5.84. The van der Waals surface area contributed by atoms with E-state index in [1.807, 2.05) is 13.8 Å². The van der Waals surface area contributed by atoms with Gasteiger partial charge in [-0.25, -0.2) is 4.79 Å². The van der Waals surface area contributed by atoms with Crippen LogP contribution in [0.3, 0.4) is 0 Å². The Bertz CT molecular complexity index is 489. The number of hydrogen-bond donors (Lipinski definition) is 2. The highest BCUT2D eigenvalue weighted by molar-refractivity contribution is 9.10. The van der Waals surface area contributed by atoms with Crippen molar-refractivity contribution in [1.82, 2.24) is 5.32 Å². The standard InChI is InChI=1S/C13H17BrN2O3/c1-8(2)15-12(17)7-16(3)11-6-9(14)4-5-10(11)13(18)19/h4-6,8H,7H2,1-3H3,(H,15,17)(H,18,19). The van der Waals surface area contributed by atoms with Crippen LogP contribution in [0.4, 0.5) is 5.69 Å². The molecule has 6 heteroatoms. The number of amides is 1. The summed E-state index contributed by atoms with van der Waals surface area (Å²) in [5, 5.41) is 11.9. The zero-order chi connectivity index (χ0) is 14.6. The van der Waals surface area contributed by atoms with Gasteiger partial charge in [0.2, 0.25) is 5.91 Å². The lowest BCUT2D eigenvalue weighted by atomic mass is 10.1. The summed E-state index contributed by atoms with van der Waals surface area (Å²) in [4.78, 5) is 24.5. The average Bonchev–Trinajstić information content (AvgIpc) is 2.26. The Morgan fingerprint density at radius 3 is 2.58 bits per heavy atom. The first-order chi connectivity index (χ1) is 8.81. The van der Waals surface area contributed by atoms with Crippen molar-refractivity contribution in [3.63, 3.8) is 0 Å². The molecule has 0 aromatic heterocycles. The van der Waals surface area contributed by atoms with Crippen LogP contribution in [0.2, 0.25) is 0 Å². The maximum atomic E-state index is 11.7. The molecule has 0 saturated carbocycles. The van der Waals surface area contributed by atoms with Crippen LogP contribution >= 0.6 is 15.9 Å². The molecule has 1 rings (SSSR count). The number of carbonyl (C=O) groups is 2. The number of nitrogens with one attached hydrogen (secondary N) is 1. The van der Waals surface area contributed by atoms with Gasteiger partial charge in [-0.05, 0) is 32.0 Å². The molecule has 0 radical (unpaired) electrons. The molecule has 0 aliphatic heterocycles. The highest BCUT2D eigenvalue weighted by atomic mass is 79.9. The van der Waals surface area contributed by atoms with E-state index >= 15 is 0 Å². The number of carboxylic acids is 1. The topological polar surface area (TPSA) is 69.6 Å². The van der Waals surface area contributed by atoms with E-state index in [-0.39, 0.29) is 24.1 Å². The average molecular weight is 329 g/mol. The summed E-state index contributed by atoms with van der Waals surface area (Å²) >= 11 is 3.30. The van der Waals surface area contributed by atoms with Crippen molar-refractivity contribution >= 4 is 33.5 Å². The molecular weight excluding hydrogens is 312 g/mol. The number of carboxylic acid groups (broad SMARTS) is 1. The van der Waals surface area contributed by atoms with E-state index in [2.05, 4.69) is 21.2 Å². The Balaban J connectivity index is 2.92. The highest BCUT2D eigenvalue weighted by Gasteiger charge is 2.16. The predicted octanol–water partition coefficient (Wildman–Crippen LogP) is 2.11. The Morgan fingerprint density at radius 2 is 2.05 bits per heavy atom. The van der Waals surface area contributed by atoms with Gasteiger partial charge in [-0.1, -0.05) is 15.9 Å². The second kappa shape index (κ2) is 6.56. The van der Waals surface area contributed by atoms with Crippen LogP contribution in [0.5, 0.6) is 0 Å². The Morgan fingerprint density at radius 1 is 1.42 bits per heavy atom. The predicted molar refractivity (Wildman–Crippen MR) is 77.7 cm³/mol. The van der Waals surface area contributed by atoms with Gasteiger partial charge in [0.25, 0.3) is 0 Å². The summed E-state index contributed by atoms with van der Waals surface area (Å²) in [6.07, 6.45) is 0. The fraction of sp³-hybridized carbons (Fsp3) is 0.385. The molecule has 0 atom stereocenters. The van der Waals surface area contributed by atoms with E-state index in [9.17, 15) is 9.59 Å². The van der Waals surface area contributed by atoms with Gasteiger partial charge in [0.15, 0.2) is 0 Å². The number of rotatable bonds is 5. The molecule has 1 aromatic carbocycles. The first-order valence-corrected chi connectivity index (χ1v) is 6.64. The summed E-state index contributed by atoms with van der Waals surface area (Å²) in [6, 6.07) is 4.92. The second-order valence-electron chi connectivity index (χ2n) is 4.54. The summed E-state index contributed by atoms with van der Waals surface area (Å²) < 4.78 is 0.767. The minimum atomic E-state index is -1.02. The molecule has 5 nitrogen and oxygen atoms in total. The number of carbonyl (C=O) groups excluding carboxylic acids is 1. The van der Waals surface area contributed by atoms with Gasteiger partial charge >= 0.3 is 5.97 Å². The second-order valence-corrected chi connectivity index (χ2v) is 5.46. The van der Waals surface area contributed by atoms with Crippen molar-refractivity contribution in [2.75, 3.05) is 18.5 Å². The number of benzene rings is 1. The smallest absolute Gasteiger partial charge is 0.337 e. The lowest BCUT2D eigenvalue weighted by molar-refractivity contribution is -0.120. The third-order valence-electron chi connectivity index (χ3n) is 2.43. The fourth-order valence-corrected chi connectivity index (χ4v) is 2.02. The van der Waals surface area contributed by atoms with E-state index in [0.29, 0.717) is 5.69 Å². The maximum absolute atomic E-state index is 11.7. The fourth-order valence-electron chi connectivity index (χ4n) is 1.67. The molecule has 0 aliphatic carbocycles. The molecule has 0 spiro atoms. The number of hydrogen-bond acceptors (Lipinski definition) is 3. The summed E-state index contributed by atoms with van der Waals surface area (Å²) in [6.45, 7) is 3.86. The van der Waals surface area contributed by atoms with Crippen LogP contribution in [0, 0.1) is 0 Å². The molecular formula is C13H17BrN2O3. The molecule has 0 unspecified atom stereocenters. The monoisotopic (exact) mass is 328 g/mol. The number of anilines is 1. The lowest BCUT2D eigenvalue weighted by Crippen LogP contribution is -2.39. The van der Waals surface area contributed by atoms with E-state index in [0.717, 1.165) is 4.47 Å². The van der Waals surface area contributed by atoms with Gasteiger partial charge in [-0.3, -0.25) is 4.79 Å². The molecule has 1 aromatic rings. The number of halogens is 1. The minimum absolute atomic E-state index is 0.0577. The highest BCUT2D eigenvalue weighted by Crippen LogP contribution is 2.24. The van der Waals surface area contributed by atoms with Gasteiger partial charge in [0.1, 0.15) is 0 Å². The normalized spacial score (nSPS) is 10.4. The van der Waals surface area contributed by atoms with Gasteiger partial charge in [-0.15, -0.1) is 0 Å². The zero-order valence-corrected chi connectivity index (χ0v) is 12.7. The van der Waals surface area contributed by atoms with Crippen LogP contribution in [0.15, 0.2) is 22.7 Å². The molecule has 0 bridgehead atoms. The number of likely N-dealkylation sites (N-methyl/N-ethyl adjacent to an activating group) is 1. The Hall–Kier alpha value is -1.56. The molecule has 1 amide bonds. The van der Waals surface area contributed by atoms with Crippen molar-refractivity contribution in [2.24, 2.45) is 0 Å². The number of aromatic carboxylic acids is 1. The van der Waals surface area contributed by atoms with Crippen LogP contribution < -0.4 is 10.2 Å². The van der Waals surface area contributed by atoms with Gasteiger partial charge < -0.3 is 15.3 Å². The summed E-state index contributed by atoms with van der Waals surface area (Å²) in [5.41, 5.74) is 0.670. The van der Waals surface area contributed by atoms with Crippen molar-refractivity contribution < 1.29 is 14.7 Å². The summed E-state index contributed by atoms with van der Waals surface area (Å²) in [5.74, 6) is -1.16. The number of nitrogens with zero attached hydrogens (tertiary/aromatic N) is 1. The Labute approximate surface area is 120 Å². The minimum Gasteiger partial charge on any atom is -0.478 e. The zero-order valence-electron chi connectivity index (χ0n) is 11.1. The van der Waals surface area contributed by atoms with Crippen LogP contribution in [0.25, 0.3) is 0 Å². The Kier molecular flexibility index (Phi) is 5.35. The molecule has 0 saturated heterocycles. The maximum Gasteiger partial charge on any atom is 0.337 e. The van der Waals surface area contributed by atoms with E-state index in [4.69, 9.17) is 5.11 Å². The van der Waals surface area contributed by atoms with E-state index < -0.39 is 5.97 Å². The largest absolute Gasteiger partial charge is 0.478 e. The van der Waals surface area contributed by atoms with Crippen molar-refractivity contribution in [3.05, 3.63) is 28.2 Å². The third kappa shape index (κ3) is 4.55. The van der Waals surface area contributed by atoms with Gasteiger partial charge in [0.05, 0.1) is 17.8 Å².